The van der Waals surface area contributed by atoms with Gasteiger partial charge in [0.2, 0.25) is 0 Å². The van der Waals surface area contributed by atoms with E-state index in [1.165, 1.54) is 5.56 Å². The van der Waals surface area contributed by atoms with Crippen LogP contribution < -0.4 is 4.74 Å². The minimum absolute atomic E-state index is 0.0175. The molecule has 0 heterocycles. The lowest BCUT2D eigenvalue weighted by Crippen LogP contribution is -2.19. The number of aliphatic imine (C=N–C) groups is 1. The molecule has 0 amide bonds. The summed E-state index contributed by atoms with van der Waals surface area (Å²) in [5.74, 6) is 0.854. The fourth-order valence-electron chi connectivity index (χ4n) is 3.71. The van der Waals surface area contributed by atoms with Crippen LogP contribution in [0.4, 0.5) is 0 Å². The van der Waals surface area contributed by atoms with Crippen molar-refractivity contribution in [3.8, 4) is 5.75 Å². The zero-order chi connectivity index (χ0) is 24.1. The molecule has 0 saturated carbocycles. The maximum atomic E-state index is 10.0. The Morgan fingerprint density at radius 2 is 1.45 bits per heavy atom. The summed E-state index contributed by atoms with van der Waals surface area (Å²) < 4.78 is 6.47. The molecule has 0 unspecified atom stereocenters. The van der Waals surface area contributed by atoms with Crippen LogP contribution in [-0.4, -0.2) is 17.9 Å². The van der Waals surface area contributed by atoms with Gasteiger partial charge in [-0.15, -0.1) is 0 Å². The van der Waals surface area contributed by atoms with Crippen molar-refractivity contribution in [3.05, 3.63) is 101 Å². The number of hydrogen-bond acceptors (Lipinski definition) is 3. The highest BCUT2D eigenvalue weighted by Crippen LogP contribution is 2.38. The van der Waals surface area contributed by atoms with Gasteiger partial charge in [0.25, 0.3) is 0 Å². The van der Waals surface area contributed by atoms with Crippen LogP contribution in [0.15, 0.2) is 77.8 Å². The molecule has 0 aliphatic carbocycles. The van der Waals surface area contributed by atoms with Crippen LogP contribution in [0.25, 0.3) is 0 Å². The van der Waals surface area contributed by atoms with Crippen LogP contribution in [0.5, 0.6) is 5.75 Å². The molecule has 0 saturated heterocycles. The summed E-state index contributed by atoms with van der Waals surface area (Å²) in [5, 5.41) is 10.0. The molecule has 0 spiro atoms. The quantitative estimate of drug-likeness (QED) is 0.399. The molecule has 0 fully saturated rings. The highest BCUT2D eigenvalue weighted by Gasteiger charge is 2.26. The molecule has 174 valence electrons. The van der Waals surface area contributed by atoms with Gasteiger partial charge in [-0.1, -0.05) is 108 Å². The number of benzene rings is 3. The van der Waals surface area contributed by atoms with E-state index < -0.39 is 0 Å². The zero-order valence-electron chi connectivity index (χ0n) is 20.8. The van der Waals surface area contributed by atoms with Gasteiger partial charge in [0, 0.05) is 17.3 Å². The summed E-state index contributed by atoms with van der Waals surface area (Å²) in [7, 11) is 0. The molecule has 1 N–H and O–H groups in total. The maximum absolute atomic E-state index is 10.0. The number of rotatable bonds is 7. The standard InChI is InChI=1S/C30H37NO2/c1-29(2,3)25-17-24(19-31-27(20-32)23-15-11-8-12-16-23)28(26(18-25)30(4,5)6)33-21-22-13-9-7-10-14-22/h7-19,27,32H,20-21H2,1-6H3/t27-/m0/s1. The molecule has 3 nitrogen and oxygen atoms in total. The number of aliphatic hydroxyl groups is 1. The van der Waals surface area contributed by atoms with Crippen LogP contribution in [0.2, 0.25) is 0 Å². The van der Waals surface area contributed by atoms with Crippen molar-refractivity contribution in [2.45, 2.75) is 65.0 Å². The lowest BCUT2D eigenvalue weighted by Gasteiger charge is -2.29. The average Bonchev–Trinajstić information content (AvgIpc) is 2.78. The zero-order valence-corrected chi connectivity index (χ0v) is 20.8. The smallest absolute Gasteiger partial charge is 0.132 e. The highest BCUT2D eigenvalue weighted by molar-refractivity contribution is 5.85. The molecule has 3 aromatic rings. The molecule has 3 rings (SSSR count). The molecule has 0 aromatic heterocycles. The minimum atomic E-state index is -0.315. The molecular formula is C30H37NO2. The van der Waals surface area contributed by atoms with Gasteiger partial charge in [0.15, 0.2) is 0 Å². The Morgan fingerprint density at radius 3 is 2.00 bits per heavy atom. The maximum Gasteiger partial charge on any atom is 0.132 e. The van der Waals surface area contributed by atoms with Crippen LogP contribution in [-0.2, 0) is 17.4 Å². The van der Waals surface area contributed by atoms with Crippen molar-refractivity contribution >= 4 is 6.21 Å². The van der Waals surface area contributed by atoms with Gasteiger partial charge in [0.05, 0.1) is 12.6 Å². The molecule has 3 heteroatoms. The molecule has 1 atom stereocenters. The minimum Gasteiger partial charge on any atom is -0.488 e. The molecule has 0 bridgehead atoms. The van der Waals surface area contributed by atoms with Gasteiger partial charge in [-0.25, -0.2) is 0 Å². The summed E-state index contributed by atoms with van der Waals surface area (Å²) in [6, 6.07) is 24.3. The van der Waals surface area contributed by atoms with E-state index in [2.05, 4.69) is 65.8 Å². The topological polar surface area (TPSA) is 41.8 Å². The average molecular weight is 444 g/mol. The number of aliphatic hydroxyl groups excluding tert-OH is 1. The van der Waals surface area contributed by atoms with Crippen LogP contribution in [0.1, 0.15) is 75.4 Å². The second kappa shape index (κ2) is 10.4. The summed E-state index contributed by atoms with van der Waals surface area (Å²) in [4.78, 5) is 4.79. The third kappa shape index (κ3) is 6.55. The van der Waals surface area contributed by atoms with E-state index >= 15 is 0 Å². The Morgan fingerprint density at radius 1 is 0.848 bits per heavy atom. The predicted octanol–water partition coefficient (Wildman–Crippen LogP) is 7.01. The lowest BCUT2D eigenvalue weighted by atomic mass is 9.79. The van der Waals surface area contributed by atoms with Crippen molar-refractivity contribution in [3.63, 3.8) is 0 Å². The molecule has 33 heavy (non-hydrogen) atoms. The SMILES string of the molecule is CC(C)(C)c1cc(C=N[C@@H](CO)c2ccccc2)c(OCc2ccccc2)c(C(C)(C)C)c1. The van der Waals surface area contributed by atoms with E-state index in [1.54, 1.807) is 0 Å². The number of ether oxygens (including phenoxy) is 1. The molecule has 0 aliphatic heterocycles. The van der Waals surface area contributed by atoms with E-state index in [4.69, 9.17) is 9.73 Å². The van der Waals surface area contributed by atoms with E-state index in [9.17, 15) is 5.11 Å². The first-order valence-corrected chi connectivity index (χ1v) is 11.6. The second-order valence-electron chi connectivity index (χ2n) is 10.6. The fourth-order valence-corrected chi connectivity index (χ4v) is 3.71. The first kappa shape index (κ1) is 24.7. The van der Waals surface area contributed by atoms with Gasteiger partial charge in [-0.3, -0.25) is 4.99 Å². The van der Waals surface area contributed by atoms with Crippen molar-refractivity contribution in [1.29, 1.82) is 0 Å². The fraction of sp³-hybridized carbons (Fsp3) is 0.367. The molecule has 0 aliphatic rings. The van der Waals surface area contributed by atoms with Crippen LogP contribution in [0, 0.1) is 0 Å². The van der Waals surface area contributed by atoms with Gasteiger partial charge in [-0.05, 0) is 33.6 Å². The molecule has 0 radical (unpaired) electrons. The predicted molar refractivity (Wildman–Crippen MR) is 138 cm³/mol. The highest BCUT2D eigenvalue weighted by atomic mass is 16.5. The van der Waals surface area contributed by atoms with Gasteiger partial charge in [0.1, 0.15) is 12.4 Å². The Labute approximate surface area is 199 Å². The van der Waals surface area contributed by atoms with Gasteiger partial charge < -0.3 is 9.84 Å². The third-order valence-corrected chi connectivity index (χ3v) is 5.77. The van der Waals surface area contributed by atoms with Crippen molar-refractivity contribution in [2.75, 3.05) is 6.61 Å². The van der Waals surface area contributed by atoms with E-state index in [-0.39, 0.29) is 23.5 Å². The molecule has 3 aromatic carbocycles. The Hall–Kier alpha value is -2.91. The summed E-state index contributed by atoms with van der Waals surface area (Å²) in [6.45, 7) is 13.7. The number of nitrogens with zero attached hydrogens (tertiary/aromatic N) is 1. The second-order valence-corrected chi connectivity index (χ2v) is 10.6. The monoisotopic (exact) mass is 443 g/mol. The van der Waals surface area contributed by atoms with Gasteiger partial charge >= 0.3 is 0 Å². The first-order valence-electron chi connectivity index (χ1n) is 11.6. The van der Waals surface area contributed by atoms with E-state index in [0.717, 1.165) is 28.0 Å². The first-order chi connectivity index (χ1) is 15.6. The third-order valence-electron chi connectivity index (χ3n) is 5.77. The van der Waals surface area contributed by atoms with Crippen LogP contribution >= 0.6 is 0 Å². The Kier molecular flexibility index (Phi) is 7.76. The van der Waals surface area contributed by atoms with Crippen LogP contribution in [0.3, 0.4) is 0 Å². The van der Waals surface area contributed by atoms with Gasteiger partial charge in [-0.2, -0.15) is 0 Å². The van der Waals surface area contributed by atoms with E-state index in [1.807, 2.05) is 54.7 Å². The Bertz CT molecular complexity index is 1060. The lowest BCUT2D eigenvalue weighted by molar-refractivity contribution is 0.269. The summed E-state index contributed by atoms with van der Waals surface area (Å²) in [5.41, 5.74) is 5.33. The van der Waals surface area contributed by atoms with Crippen molar-refractivity contribution in [2.24, 2.45) is 4.99 Å². The Balaban J connectivity index is 2.09. The van der Waals surface area contributed by atoms with Crippen molar-refractivity contribution in [1.82, 2.24) is 0 Å². The number of hydrogen-bond donors (Lipinski definition) is 1. The molecular weight excluding hydrogens is 406 g/mol. The normalized spacial score (nSPS) is 13.3. The largest absolute Gasteiger partial charge is 0.488 e. The summed E-state index contributed by atoms with van der Waals surface area (Å²) in [6.07, 6.45) is 1.87. The van der Waals surface area contributed by atoms with Crippen molar-refractivity contribution < 1.29 is 9.84 Å². The summed E-state index contributed by atoms with van der Waals surface area (Å²) >= 11 is 0. The van der Waals surface area contributed by atoms with E-state index in [0.29, 0.717) is 6.61 Å².